The Bertz CT molecular complexity index is 152. The highest BCUT2D eigenvalue weighted by atomic mass is 16.5. The minimum atomic E-state index is -0.993. The summed E-state index contributed by atoms with van der Waals surface area (Å²) in [6.45, 7) is 1.08. The Hall–Kier alpha value is -1.30. The molecule has 0 amide bonds. The van der Waals surface area contributed by atoms with Gasteiger partial charge in [-0.25, -0.2) is 4.79 Å². The van der Waals surface area contributed by atoms with Crippen LogP contribution >= 0.6 is 0 Å². The minimum Gasteiger partial charge on any atom is -0.367 e. The van der Waals surface area contributed by atoms with Crippen molar-refractivity contribution < 1.29 is 14.3 Å². The molecule has 8 heavy (non-hydrogen) atoms. The smallest absolute Gasteiger partial charge is 0.367 e. The van der Waals surface area contributed by atoms with E-state index in [2.05, 4.69) is 11.2 Å². The highest BCUT2D eigenvalue weighted by molar-refractivity contribution is 6.32. The van der Waals surface area contributed by atoms with E-state index in [-0.39, 0.29) is 0 Å². The van der Waals surface area contributed by atoms with Gasteiger partial charge in [0.25, 0.3) is 0 Å². The molecule has 0 unspecified atom stereocenters. The molecule has 0 aromatic heterocycles. The van der Waals surface area contributed by atoms with E-state index in [9.17, 15) is 9.59 Å². The maximum atomic E-state index is 10.0. The molecular formula is C5H4O3. The number of hydrogen-bond acceptors (Lipinski definition) is 3. The first kappa shape index (κ1) is 6.70. The largest absolute Gasteiger partial charge is 0.388 e. The van der Waals surface area contributed by atoms with E-state index in [0.717, 1.165) is 6.92 Å². The monoisotopic (exact) mass is 112 g/mol. The van der Waals surface area contributed by atoms with Gasteiger partial charge in [-0.05, 0) is 0 Å². The van der Waals surface area contributed by atoms with Gasteiger partial charge in [0.2, 0.25) is 5.78 Å². The van der Waals surface area contributed by atoms with Crippen molar-refractivity contribution >= 4 is 11.8 Å². The normalized spacial score (nSPS) is 7.00. The zero-order valence-corrected chi connectivity index (χ0v) is 4.30. The summed E-state index contributed by atoms with van der Waals surface area (Å²) in [7, 11) is 0. The SMILES string of the molecule is C#COC(=O)C(C)=O. The van der Waals surface area contributed by atoms with Gasteiger partial charge in [-0.1, -0.05) is 6.42 Å². The number of hydrogen-bond donors (Lipinski definition) is 0. The number of carbonyl (C=O) groups is 2. The molecule has 0 aromatic rings. The van der Waals surface area contributed by atoms with Crippen molar-refractivity contribution in [2.45, 2.75) is 6.92 Å². The predicted octanol–water partition coefficient (Wildman–Crippen LogP) is -0.291. The summed E-state index contributed by atoms with van der Waals surface area (Å²) in [5.74, 6) is -1.68. The van der Waals surface area contributed by atoms with Crippen LogP contribution in [-0.4, -0.2) is 11.8 Å². The van der Waals surface area contributed by atoms with Crippen molar-refractivity contribution in [3.05, 3.63) is 0 Å². The third-order valence-corrected chi connectivity index (χ3v) is 0.439. The zero-order chi connectivity index (χ0) is 6.57. The summed E-state index contributed by atoms with van der Waals surface area (Å²) in [5, 5.41) is 0. The van der Waals surface area contributed by atoms with E-state index >= 15 is 0 Å². The lowest BCUT2D eigenvalue weighted by molar-refractivity contribution is -0.147. The van der Waals surface area contributed by atoms with Gasteiger partial charge in [0, 0.05) is 6.92 Å². The Morgan fingerprint density at radius 2 is 2.12 bits per heavy atom. The van der Waals surface area contributed by atoms with Gasteiger partial charge >= 0.3 is 5.97 Å². The van der Waals surface area contributed by atoms with Gasteiger partial charge in [-0.2, -0.15) is 0 Å². The first-order chi connectivity index (χ1) is 3.68. The molecule has 0 fully saturated rings. The molecule has 0 atom stereocenters. The summed E-state index contributed by atoms with van der Waals surface area (Å²) >= 11 is 0. The average molecular weight is 112 g/mol. The van der Waals surface area contributed by atoms with E-state index in [4.69, 9.17) is 0 Å². The fourth-order valence-electron chi connectivity index (χ4n) is 0.125. The third-order valence-electron chi connectivity index (χ3n) is 0.439. The van der Waals surface area contributed by atoms with Crippen LogP contribution in [-0.2, 0) is 14.3 Å². The molecule has 0 saturated heterocycles. The molecule has 3 heteroatoms. The molecule has 0 radical (unpaired) electrons. The van der Waals surface area contributed by atoms with Gasteiger partial charge in [-0.3, -0.25) is 4.79 Å². The third kappa shape index (κ3) is 1.98. The number of rotatable bonds is 1. The summed E-state index contributed by atoms with van der Waals surface area (Å²) in [4.78, 5) is 20.0. The minimum absolute atomic E-state index is 0.692. The van der Waals surface area contributed by atoms with E-state index in [1.165, 1.54) is 0 Å². The number of ketones is 1. The quantitative estimate of drug-likeness (QED) is 0.266. The molecule has 0 saturated carbocycles. The van der Waals surface area contributed by atoms with E-state index in [1.54, 1.807) is 6.11 Å². The Labute approximate surface area is 46.6 Å². The fourth-order valence-corrected chi connectivity index (χ4v) is 0.125. The van der Waals surface area contributed by atoms with Crippen LogP contribution in [0.3, 0.4) is 0 Å². The highest BCUT2D eigenvalue weighted by Crippen LogP contribution is 1.74. The highest BCUT2D eigenvalue weighted by Gasteiger charge is 2.05. The van der Waals surface area contributed by atoms with Gasteiger partial charge in [-0.15, -0.1) is 0 Å². The number of terminal acetylenes is 1. The van der Waals surface area contributed by atoms with Crippen LogP contribution in [0.2, 0.25) is 0 Å². The molecule has 0 aliphatic carbocycles. The van der Waals surface area contributed by atoms with Crippen molar-refractivity contribution in [3.8, 4) is 12.5 Å². The summed E-state index contributed by atoms with van der Waals surface area (Å²) < 4.78 is 3.84. The Balaban J connectivity index is 3.71. The molecule has 0 aliphatic rings. The van der Waals surface area contributed by atoms with Crippen LogP contribution in [0, 0.1) is 12.5 Å². The summed E-state index contributed by atoms with van der Waals surface area (Å²) in [6.07, 6.45) is 6.10. The lowest BCUT2D eigenvalue weighted by atomic mass is 10.5. The Morgan fingerprint density at radius 1 is 1.62 bits per heavy atom. The number of ether oxygens (including phenoxy) is 1. The first-order valence-electron chi connectivity index (χ1n) is 1.86. The molecule has 0 heterocycles. The molecule has 0 spiro atoms. The van der Waals surface area contributed by atoms with Crippen molar-refractivity contribution in [1.29, 1.82) is 0 Å². The van der Waals surface area contributed by atoms with Crippen LogP contribution in [0.5, 0.6) is 0 Å². The number of Topliss-reactive ketones (excluding diaryl/α,β-unsaturated/α-hetero) is 1. The van der Waals surface area contributed by atoms with Crippen molar-refractivity contribution in [2.75, 3.05) is 0 Å². The molecule has 3 nitrogen and oxygen atoms in total. The molecule has 0 aliphatic heterocycles. The maximum absolute atomic E-state index is 10.0. The van der Waals surface area contributed by atoms with Crippen LogP contribution in [0.15, 0.2) is 0 Å². The summed E-state index contributed by atoms with van der Waals surface area (Å²) in [5.41, 5.74) is 0. The lowest BCUT2D eigenvalue weighted by Crippen LogP contribution is -2.09. The Morgan fingerprint density at radius 3 is 2.25 bits per heavy atom. The van der Waals surface area contributed by atoms with Gasteiger partial charge in [0.15, 0.2) is 0 Å². The number of esters is 1. The molecule has 0 rings (SSSR count). The summed E-state index contributed by atoms with van der Waals surface area (Å²) in [6, 6.07) is 0. The van der Waals surface area contributed by atoms with Crippen LogP contribution < -0.4 is 0 Å². The van der Waals surface area contributed by atoms with Crippen LogP contribution in [0.25, 0.3) is 0 Å². The average Bonchev–Trinajstić information content (AvgIpc) is 1.67. The maximum Gasteiger partial charge on any atom is 0.388 e. The second kappa shape index (κ2) is 2.80. The zero-order valence-electron chi connectivity index (χ0n) is 4.30. The van der Waals surface area contributed by atoms with E-state index in [0.29, 0.717) is 0 Å². The molecular weight excluding hydrogens is 108 g/mol. The van der Waals surface area contributed by atoms with Crippen molar-refractivity contribution in [3.63, 3.8) is 0 Å². The topological polar surface area (TPSA) is 43.4 Å². The first-order valence-corrected chi connectivity index (χ1v) is 1.86. The van der Waals surface area contributed by atoms with Gasteiger partial charge in [0.1, 0.15) is 6.11 Å². The Kier molecular flexibility index (Phi) is 2.35. The molecule has 0 aromatic carbocycles. The van der Waals surface area contributed by atoms with Crippen molar-refractivity contribution in [2.24, 2.45) is 0 Å². The second-order valence-electron chi connectivity index (χ2n) is 1.06. The molecule has 0 bridgehead atoms. The molecule has 0 N–H and O–H groups in total. The second-order valence-corrected chi connectivity index (χ2v) is 1.06. The number of carbonyl (C=O) groups excluding carboxylic acids is 2. The van der Waals surface area contributed by atoms with Crippen LogP contribution in [0.4, 0.5) is 0 Å². The lowest BCUT2D eigenvalue weighted by Gasteiger charge is -1.84. The predicted molar refractivity (Wildman–Crippen MR) is 25.6 cm³/mol. The van der Waals surface area contributed by atoms with Crippen LogP contribution in [0.1, 0.15) is 6.92 Å². The van der Waals surface area contributed by atoms with Gasteiger partial charge < -0.3 is 4.74 Å². The molecule has 42 valence electrons. The fraction of sp³-hybridized carbons (Fsp3) is 0.200. The standard InChI is InChI=1S/C5H4O3/c1-3-8-5(7)4(2)6/h1H,2H3. The van der Waals surface area contributed by atoms with E-state index in [1.807, 2.05) is 0 Å². The van der Waals surface area contributed by atoms with Crippen molar-refractivity contribution in [1.82, 2.24) is 0 Å². The van der Waals surface area contributed by atoms with E-state index < -0.39 is 11.8 Å². The van der Waals surface area contributed by atoms with Gasteiger partial charge in [0.05, 0.1) is 0 Å².